The molecule has 0 bridgehead atoms. The van der Waals surface area contributed by atoms with Crippen molar-refractivity contribution in [2.24, 2.45) is 0 Å². The van der Waals surface area contributed by atoms with E-state index in [1.807, 2.05) is 54.6 Å². The summed E-state index contributed by atoms with van der Waals surface area (Å²) < 4.78 is 6.00. The number of para-hydroxylation sites is 1. The predicted octanol–water partition coefficient (Wildman–Crippen LogP) is 6.18. The predicted molar refractivity (Wildman–Crippen MR) is 169 cm³/mol. The van der Waals surface area contributed by atoms with Gasteiger partial charge in [0.2, 0.25) is 5.91 Å². The number of carbonyl (C=O) groups excluding carboxylic acids is 3. The van der Waals surface area contributed by atoms with E-state index in [1.165, 1.54) is 23.1 Å². The summed E-state index contributed by atoms with van der Waals surface area (Å²) in [6, 6.07) is 25.6. The zero-order chi connectivity index (χ0) is 30.3. The molecule has 4 aromatic rings. The lowest BCUT2D eigenvalue weighted by Gasteiger charge is -2.29. The summed E-state index contributed by atoms with van der Waals surface area (Å²) in [4.78, 5) is 43.0. The van der Waals surface area contributed by atoms with E-state index in [0.717, 1.165) is 15.8 Å². The summed E-state index contributed by atoms with van der Waals surface area (Å²) in [7, 11) is 0. The Morgan fingerprint density at radius 2 is 1.74 bits per heavy atom. The van der Waals surface area contributed by atoms with Gasteiger partial charge in [-0.25, -0.2) is 9.78 Å². The largest absolute Gasteiger partial charge is 0.462 e. The van der Waals surface area contributed by atoms with Crippen molar-refractivity contribution in [2.45, 2.75) is 19.8 Å². The fourth-order valence-electron chi connectivity index (χ4n) is 4.63. The first-order chi connectivity index (χ1) is 20.9. The Labute approximate surface area is 256 Å². The number of nitriles is 1. The molecule has 216 valence electrons. The first kappa shape index (κ1) is 29.6. The molecule has 1 unspecified atom stereocenters. The van der Waals surface area contributed by atoms with E-state index in [9.17, 15) is 19.6 Å². The van der Waals surface area contributed by atoms with Crippen LogP contribution in [0.25, 0.3) is 10.2 Å². The van der Waals surface area contributed by atoms with E-state index in [4.69, 9.17) is 4.74 Å². The Morgan fingerprint density at radius 3 is 2.44 bits per heavy atom. The Kier molecular flexibility index (Phi) is 9.20. The number of thioether (sulfide) groups is 1. The zero-order valence-corrected chi connectivity index (χ0v) is 25.0. The maximum atomic E-state index is 13.7. The molecule has 0 spiro atoms. The normalized spacial score (nSPS) is 14.6. The van der Waals surface area contributed by atoms with Crippen LogP contribution in [0.5, 0.6) is 0 Å². The van der Waals surface area contributed by atoms with Gasteiger partial charge in [0.05, 0.1) is 50.7 Å². The molecule has 3 N–H and O–H groups in total. The quantitative estimate of drug-likeness (QED) is 0.192. The number of aromatic nitrogens is 1. The number of ether oxygens (including phenoxy) is 1. The number of dihydropyridines is 1. The molecule has 2 amide bonds. The van der Waals surface area contributed by atoms with E-state index < -0.39 is 17.8 Å². The molecule has 9 nitrogen and oxygen atoms in total. The lowest BCUT2D eigenvalue weighted by Crippen LogP contribution is -2.31. The van der Waals surface area contributed by atoms with Crippen LogP contribution in [0.4, 0.5) is 10.8 Å². The van der Waals surface area contributed by atoms with Gasteiger partial charge >= 0.3 is 5.97 Å². The van der Waals surface area contributed by atoms with E-state index in [1.54, 1.807) is 38.1 Å². The minimum absolute atomic E-state index is 0.0343. The van der Waals surface area contributed by atoms with Crippen molar-refractivity contribution >= 4 is 61.9 Å². The van der Waals surface area contributed by atoms with E-state index in [-0.39, 0.29) is 18.3 Å². The standard InChI is InChI=1S/C32H27N5O4S2/c1-3-41-31(40)21-13-15-22(16-14-21)35-29(39)27-19(2)34-30(23(17-33)28(27)20-9-5-4-6-10-20)42-18-26(38)37-32-36-24-11-7-8-12-25(24)43-32/h4-16,28,34H,3,18H2,1-2H3,(H,35,39)(H,36,37,38). The highest BCUT2D eigenvalue weighted by atomic mass is 32.2. The van der Waals surface area contributed by atoms with Gasteiger partial charge in [0, 0.05) is 17.0 Å². The molecule has 2 heterocycles. The van der Waals surface area contributed by atoms with E-state index in [2.05, 4.69) is 27.0 Å². The van der Waals surface area contributed by atoms with Crippen LogP contribution in [0.2, 0.25) is 0 Å². The molecule has 1 atom stereocenters. The molecule has 43 heavy (non-hydrogen) atoms. The third kappa shape index (κ3) is 6.77. The van der Waals surface area contributed by atoms with Crippen molar-refractivity contribution in [3.05, 3.63) is 112 Å². The van der Waals surface area contributed by atoms with Crippen molar-refractivity contribution < 1.29 is 19.1 Å². The van der Waals surface area contributed by atoms with Gasteiger partial charge in [0.15, 0.2) is 5.13 Å². The highest BCUT2D eigenvalue weighted by Crippen LogP contribution is 2.41. The summed E-state index contributed by atoms with van der Waals surface area (Å²) in [6.07, 6.45) is 0. The second-order valence-electron chi connectivity index (χ2n) is 9.44. The molecule has 0 saturated heterocycles. The van der Waals surface area contributed by atoms with Crippen molar-refractivity contribution in [1.29, 1.82) is 5.26 Å². The van der Waals surface area contributed by atoms with Gasteiger partial charge in [0.25, 0.3) is 5.91 Å². The molecular weight excluding hydrogens is 583 g/mol. The van der Waals surface area contributed by atoms with Crippen LogP contribution in [-0.2, 0) is 14.3 Å². The minimum Gasteiger partial charge on any atom is -0.462 e. The number of nitrogens with zero attached hydrogens (tertiary/aromatic N) is 2. The van der Waals surface area contributed by atoms with E-state index in [0.29, 0.717) is 38.3 Å². The summed E-state index contributed by atoms with van der Waals surface area (Å²) >= 11 is 2.58. The van der Waals surface area contributed by atoms with Crippen LogP contribution < -0.4 is 16.0 Å². The molecule has 5 rings (SSSR count). The molecule has 0 saturated carbocycles. The van der Waals surface area contributed by atoms with Crippen LogP contribution in [0.3, 0.4) is 0 Å². The number of allylic oxidation sites excluding steroid dienone is 2. The lowest BCUT2D eigenvalue weighted by molar-refractivity contribution is -0.114. The van der Waals surface area contributed by atoms with Gasteiger partial charge in [0.1, 0.15) is 0 Å². The smallest absolute Gasteiger partial charge is 0.338 e. The summed E-state index contributed by atoms with van der Waals surface area (Å²) in [6.45, 7) is 3.77. The fraction of sp³-hybridized carbons (Fsp3) is 0.156. The first-order valence-corrected chi connectivity index (χ1v) is 15.2. The maximum absolute atomic E-state index is 13.7. The number of amides is 2. The molecule has 3 aromatic carbocycles. The first-order valence-electron chi connectivity index (χ1n) is 13.4. The molecule has 0 radical (unpaired) electrons. The second kappa shape index (κ2) is 13.4. The monoisotopic (exact) mass is 609 g/mol. The molecular formula is C32H27N5O4S2. The minimum atomic E-state index is -0.666. The Bertz CT molecular complexity index is 1760. The van der Waals surface area contributed by atoms with Gasteiger partial charge in [-0.05, 0) is 55.8 Å². The lowest BCUT2D eigenvalue weighted by atomic mass is 9.82. The van der Waals surface area contributed by atoms with Crippen molar-refractivity contribution in [2.75, 3.05) is 23.0 Å². The molecule has 1 aromatic heterocycles. The van der Waals surface area contributed by atoms with Gasteiger partial charge in [-0.15, -0.1) is 0 Å². The van der Waals surface area contributed by atoms with Gasteiger partial charge in [-0.3, -0.25) is 9.59 Å². The zero-order valence-electron chi connectivity index (χ0n) is 23.3. The van der Waals surface area contributed by atoms with Crippen molar-refractivity contribution in [3.8, 4) is 6.07 Å². The maximum Gasteiger partial charge on any atom is 0.338 e. The average molecular weight is 610 g/mol. The summed E-state index contributed by atoms with van der Waals surface area (Å²) in [5.41, 5.74) is 3.70. The average Bonchev–Trinajstić information content (AvgIpc) is 3.42. The van der Waals surface area contributed by atoms with Crippen LogP contribution in [0.1, 0.15) is 35.7 Å². The second-order valence-corrected chi connectivity index (χ2v) is 11.5. The van der Waals surface area contributed by atoms with Gasteiger partial charge in [-0.2, -0.15) is 5.26 Å². The molecule has 0 fully saturated rings. The SMILES string of the molecule is CCOC(=O)c1ccc(NC(=O)C2=C(C)NC(SCC(=O)Nc3nc4ccccc4s3)=C(C#N)C2c2ccccc2)cc1. The number of esters is 1. The Hall–Kier alpha value is -4.92. The topological polar surface area (TPSA) is 133 Å². The van der Waals surface area contributed by atoms with Crippen LogP contribution in [0, 0.1) is 11.3 Å². The number of nitrogens with one attached hydrogen (secondary N) is 3. The Balaban J connectivity index is 1.36. The third-order valence-electron chi connectivity index (χ3n) is 6.57. The number of fused-ring (bicyclic) bond motifs is 1. The van der Waals surface area contributed by atoms with Gasteiger partial charge in [-0.1, -0.05) is 65.6 Å². The highest BCUT2D eigenvalue weighted by molar-refractivity contribution is 8.03. The number of carbonyl (C=O) groups is 3. The number of thiazole rings is 1. The summed E-state index contributed by atoms with van der Waals surface area (Å²) in [5, 5.41) is 20.2. The van der Waals surface area contributed by atoms with E-state index >= 15 is 0 Å². The Morgan fingerprint density at radius 1 is 1.02 bits per heavy atom. The van der Waals surface area contributed by atoms with Crippen LogP contribution in [-0.4, -0.2) is 35.1 Å². The molecule has 11 heteroatoms. The summed E-state index contributed by atoms with van der Waals surface area (Å²) in [5.74, 6) is -1.73. The van der Waals surface area contributed by atoms with Crippen molar-refractivity contribution in [1.82, 2.24) is 10.3 Å². The molecule has 0 aliphatic carbocycles. The van der Waals surface area contributed by atoms with Gasteiger partial charge < -0.3 is 20.7 Å². The number of rotatable bonds is 9. The number of hydrogen-bond acceptors (Lipinski definition) is 9. The number of benzene rings is 3. The third-order valence-corrected chi connectivity index (χ3v) is 8.54. The van der Waals surface area contributed by atoms with Crippen molar-refractivity contribution in [3.63, 3.8) is 0 Å². The molecule has 1 aliphatic rings. The fourth-order valence-corrected chi connectivity index (χ4v) is 6.40. The van der Waals surface area contributed by atoms with Crippen LogP contribution in [0.15, 0.2) is 101 Å². The number of anilines is 2. The molecule has 1 aliphatic heterocycles. The highest BCUT2D eigenvalue weighted by Gasteiger charge is 2.35. The van der Waals surface area contributed by atoms with Crippen LogP contribution >= 0.6 is 23.1 Å². The number of hydrogen-bond donors (Lipinski definition) is 3.